The fourth-order valence-corrected chi connectivity index (χ4v) is 3.39. The second-order valence-electron chi connectivity index (χ2n) is 6.40. The quantitative estimate of drug-likeness (QED) is 0.822. The molecule has 1 aliphatic carbocycles. The number of amides is 1. The molecule has 0 atom stereocenters. The third-order valence-electron chi connectivity index (χ3n) is 4.71. The molecular formula is C20H19F2NO3. The van der Waals surface area contributed by atoms with Crippen molar-refractivity contribution in [3.05, 3.63) is 65.7 Å². The third-order valence-corrected chi connectivity index (χ3v) is 4.71. The number of hydrogen-bond acceptors (Lipinski definition) is 3. The lowest BCUT2D eigenvalue weighted by Gasteiger charge is -2.27. The molecule has 0 saturated heterocycles. The molecule has 2 aromatic rings. The lowest BCUT2D eigenvalue weighted by molar-refractivity contribution is -0.153. The summed E-state index contributed by atoms with van der Waals surface area (Å²) in [6.45, 7) is -0.524. The first kappa shape index (κ1) is 18.0. The minimum absolute atomic E-state index is 0.161. The molecule has 1 N–H and O–H groups in total. The summed E-state index contributed by atoms with van der Waals surface area (Å²) in [6, 6.07) is 12.2. The van der Waals surface area contributed by atoms with Gasteiger partial charge in [-0.05, 0) is 30.5 Å². The van der Waals surface area contributed by atoms with Crippen LogP contribution < -0.4 is 5.32 Å². The van der Waals surface area contributed by atoms with Crippen LogP contribution in [0.5, 0.6) is 0 Å². The number of anilines is 1. The van der Waals surface area contributed by atoms with Gasteiger partial charge in [-0.15, -0.1) is 0 Å². The molecule has 6 heteroatoms. The van der Waals surface area contributed by atoms with Gasteiger partial charge in [0.25, 0.3) is 5.91 Å². The van der Waals surface area contributed by atoms with Crippen LogP contribution in [0.1, 0.15) is 31.2 Å². The van der Waals surface area contributed by atoms with Crippen LogP contribution in [0.3, 0.4) is 0 Å². The van der Waals surface area contributed by atoms with Gasteiger partial charge in [-0.3, -0.25) is 9.59 Å². The number of hydrogen-bond donors (Lipinski definition) is 1. The zero-order chi connectivity index (χ0) is 18.6. The molecule has 26 heavy (non-hydrogen) atoms. The molecule has 0 spiro atoms. The predicted octanol–water partition coefficient (Wildman–Crippen LogP) is 3.96. The van der Waals surface area contributed by atoms with E-state index in [1.165, 1.54) is 0 Å². The van der Waals surface area contributed by atoms with Crippen molar-refractivity contribution in [1.82, 2.24) is 0 Å². The first-order chi connectivity index (χ1) is 12.5. The largest absolute Gasteiger partial charge is 0.455 e. The Kier molecular flexibility index (Phi) is 5.30. The summed E-state index contributed by atoms with van der Waals surface area (Å²) in [4.78, 5) is 24.7. The van der Waals surface area contributed by atoms with E-state index in [0.717, 1.165) is 30.5 Å². The van der Waals surface area contributed by atoms with Gasteiger partial charge in [0.15, 0.2) is 6.61 Å². The standard InChI is InChI=1S/C20H19F2NO3/c21-15-8-9-17(16(22)12-15)23-18(24)13-26-19(25)20(10-4-5-11-20)14-6-2-1-3-7-14/h1-3,6-9,12H,4-5,10-11,13H2,(H,23,24). The lowest BCUT2D eigenvalue weighted by atomic mass is 9.79. The van der Waals surface area contributed by atoms with Crippen LogP contribution in [-0.2, 0) is 19.7 Å². The van der Waals surface area contributed by atoms with E-state index in [0.29, 0.717) is 18.9 Å². The summed E-state index contributed by atoms with van der Waals surface area (Å²) in [5.74, 6) is -2.75. The Balaban J connectivity index is 1.64. The van der Waals surface area contributed by atoms with Crippen molar-refractivity contribution in [2.75, 3.05) is 11.9 Å². The normalized spacial score (nSPS) is 15.5. The molecule has 4 nitrogen and oxygen atoms in total. The van der Waals surface area contributed by atoms with Crippen molar-refractivity contribution < 1.29 is 23.1 Å². The van der Waals surface area contributed by atoms with Gasteiger partial charge < -0.3 is 10.1 Å². The molecule has 0 unspecified atom stereocenters. The second-order valence-corrected chi connectivity index (χ2v) is 6.40. The van der Waals surface area contributed by atoms with Gasteiger partial charge in [0, 0.05) is 6.07 Å². The van der Waals surface area contributed by atoms with Gasteiger partial charge in [-0.1, -0.05) is 43.2 Å². The van der Waals surface area contributed by atoms with E-state index in [1.54, 1.807) is 0 Å². The Morgan fingerprint density at radius 2 is 1.73 bits per heavy atom. The molecule has 0 aliphatic heterocycles. The van der Waals surface area contributed by atoms with E-state index < -0.39 is 35.5 Å². The van der Waals surface area contributed by atoms with E-state index in [2.05, 4.69) is 5.32 Å². The van der Waals surface area contributed by atoms with Crippen molar-refractivity contribution in [3.63, 3.8) is 0 Å². The van der Waals surface area contributed by atoms with Gasteiger partial charge in [-0.25, -0.2) is 8.78 Å². The first-order valence-corrected chi connectivity index (χ1v) is 8.49. The van der Waals surface area contributed by atoms with Crippen molar-refractivity contribution in [2.24, 2.45) is 0 Å². The van der Waals surface area contributed by atoms with Crippen LogP contribution in [0.25, 0.3) is 0 Å². The topological polar surface area (TPSA) is 55.4 Å². The number of ether oxygens (including phenoxy) is 1. The maximum absolute atomic E-state index is 13.6. The molecular weight excluding hydrogens is 340 g/mol. The van der Waals surface area contributed by atoms with Crippen molar-refractivity contribution in [3.8, 4) is 0 Å². The van der Waals surface area contributed by atoms with E-state index in [1.807, 2.05) is 30.3 Å². The van der Waals surface area contributed by atoms with Crippen LogP contribution in [0.2, 0.25) is 0 Å². The molecule has 0 heterocycles. The number of esters is 1. The summed E-state index contributed by atoms with van der Waals surface area (Å²) in [6.07, 6.45) is 3.17. The van der Waals surface area contributed by atoms with Gasteiger partial charge >= 0.3 is 5.97 Å². The average molecular weight is 359 g/mol. The van der Waals surface area contributed by atoms with E-state index in [9.17, 15) is 18.4 Å². The average Bonchev–Trinajstić information content (AvgIpc) is 3.14. The Hall–Kier alpha value is -2.76. The van der Waals surface area contributed by atoms with Crippen LogP contribution in [0.15, 0.2) is 48.5 Å². The first-order valence-electron chi connectivity index (χ1n) is 8.49. The molecule has 0 radical (unpaired) electrons. The Morgan fingerprint density at radius 1 is 1.04 bits per heavy atom. The monoisotopic (exact) mass is 359 g/mol. The van der Waals surface area contributed by atoms with Crippen molar-refractivity contribution >= 4 is 17.6 Å². The van der Waals surface area contributed by atoms with Crippen molar-refractivity contribution in [1.29, 1.82) is 0 Å². The molecule has 1 saturated carbocycles. The highest BCUT2D eigenvalue weighted by Crippen LogP contribution is 2.42. The molecule has 1 amide bonds. The maximum Gasteiger partial charge on any atom is 0.317 e. The van der Waals surface area contributed by atoms with E-state index >= 15 is 0 Å². The van der Waals surface area contributed by atoms with Crippen LogP contribution in [0, 0.1) is 11.6 Å². The van der Waals surface area contributed by atoms with Crippen LogP contribution in [-0.4, -0.2) is 18.5 Å². The smallest absolute Gasteiger partial charge is 0.317 e. The molecule has 0 bridgehead atoms. The summed E-state index contributed by atoms with van der Waals surface area (Å²) in [5.41, 5.74) is -0.0126. The zero-order valence-corrected chi connectivity index (χ0v) is 14.1. The maximum atomic E-state index is 13.6. The highest BCUT2D eigenvalue weighted by molar-refractivity contribution is 5.94. The lowest BCUT2D eigenvalue weighted by Crippen LogP contribution is -2.36. The summed E-state index contributed by atoms with van der Waals surface area (Å²) >= 11 is 0. The molecule has 2 aromatic carbocycles. The van der Waals surface area contributed by atoms with Crippen molar-refractivity contribution in [2.45, 2.75) is 31.1 Å². The molecule has 136 valence electrons. The Labute approximate surface area is 150 Å². The number of carbonyl (C=O) groups excluding carboxylic acids is 2. The molecule has 0 aromatic heterocycles. The fraction of sp³-hybridized carbons (Fsp3) is 0.300. The van der Waals surface area contributed by atoms with Crippen LogP contribution >= 0.6 is 0 Å². The summed E-state index contributed by atoms with van der Waals surface area (Å²) < 4.78 is 31.7. The SMILES string of the molecule is O=C(COC(=O)C1(c2ccccc2)CCCC1)Nc1ccc(F)cc1F. The molecule has 1 aliphatic rings. The number of halogens is 2. The van der Waals surface area contributed by atoms with Gasteiger partial charge in [0.05, 0.1) is 11.1 Å². The Bertz CT molecular complexity index is 802. The number of nitrogens with one attached hydrogen (secondary N) is 1. The number of carbonyl (C=O) groups is 2. The summed E-state index contributed by atoms with van der Waals surface area (Å²) in [7, 11) is 0. The molecule has 1 fully saturated rings. The second kappa shape index (κ2) is 7.64. The highest BCUT2D eigenvalue weighted by atomic mass is 19.1. The number of rotatable bonds is 5. The fourth-order valence-electron chi connectivity index (χ4n) is 3.39. The van der Waals surface area contributed by atoms with Gasteiger partial charge in [0.2, 0.25) is 0 Å². The predicted molar refractivity (Wildman–Crippen MR) is 92.5 cm³/mol. The highest BCUT2D eigenvalue weighted by Gasteiger charge is 2.44. The third kappa shape index (κ3) is 3.74. The minimum atomic E-state index is -0.888. The summed E-state index contributed by atoms with van der Waals surface area (Å²) in [5, 5.41) is 2.28. The molecule has 3 rings (SSSR count). The Morgan fingerprint density at radius 3 is 2.38 bits per heavy atom. The van der Waals surface area contributed by atoms with E-state index in [4.69, 9.17) is 4.74 Å². The van der Waals surface area contributed by atoms with Gasteiger partial charge in [0.1, 0.15) is 11.6 Å². The van der Waals surface area contributed by atoms with Crippen LogP contribution in [0.4, 0.5) is 14.5 Å². The zero-order valence-electron chi connectivity index (χ0n) is 14.1. The minimum Gasteiger partial charge on any atom is -0.455 e. The van der Waals surface area contributed by atoms with E-state index in [-0.39, 0.29) is 5.69 Å². The number of benzene rings is 2. The van der Waals surface area contributed by atoms with Gasteiger partial charge in [-0.2, -0.15) is 0 Å².